The summed E-state index contributed by atoms with van der Waals surface area (Å²) in [4.78, 5) is 33.5. The number of hydrogen-bond acceptors (Lipinski definition) is 5. The van der Waals surface area contributed by atoms with E-state index in [-0.39, 0.29) is 29.7 Å². The van der Waals surface area contributed by atoms with Crippen LogP contribution in [0.2, 0.25) is 0 Å². The summed E-state index contributed by atoms with van der Waals surface area (Å²) in [5.41, 5.74) is 3.62. The van der Waals surface area contributed by atoms with Gasteiger partial charge in [0.25, 0.3) is 0 Å². The average molecular weight is 585 g/mol. The monoisotopic (exact) mass is 584 g/mol. The van der Waals surface area contributed by atoms with Crippen LogP contribution in [0.1, 0.15) is 35.6 Å². The Morgan fingerprint density at radius 1 is 0.786 bits per heavy atom. The summed E-state index contributed by atoms with van der Waals surface area (Å²) in [6, 6.07) is 28.8. The lowest BCUT2D eigenvalue weighted by Gasteiger charge is -2.31. The van der Waals surface area contributed by atoms with Crippen molar-refractivity contribution < 1.29 is 18.0 Å². The average Bonchev–Trinajstić information content (AvgIpc) is 3.02. The molecular formula is C33H36N4O4S. The molecule has 0 saturated heterocycles. The van der Waals surface area contributed by atoms with Crippen molar-refractivity contribution in [1.29, 1.82) is 0 Å². The number of benzene rings is 3. The van der Waals surface area contributed by atoms with E-state index in [4.69, 9.17) is 0 Å². The minimum atomic E-state index is -3.56. The Hall–Kier alpha value is -4.34. The Morgan fingerprint density at radius 3 is 2.02 bits per heavy atom. The third kappa shape index (κ3) is 8.83. The largest absolute Gasteiger partial charge is 0.350 e. The normalized spacial score (nSPS) is 11.9. The zero-order valence-electron chi connectivity index (χ0n) is 23.6. The van der Waals surface area contributed by atoms with E-state index in [1.54, 1.807) is 48.5 Å². The fraction of sp³-hybridized carbons (Fsp3) is 0.242. The van der Waals surface area contributed by atoms with Crippen molar-refractivity contribution >= 4 is 21.8 Å². The van der Waals surface area contributed by atoms with Gasteiger partial charge in [0.15, 0.2) is 0 Å². The molecule has 2 N–H and O–H groups in total. The highest BCUT2D eigenvalue weighted by atomic mass is 32.2. The fourth-order valence-electron chi connectivity index (χ4n) is 4.65. The molecule has 3 aromatic carbocycles. The van der Waals surface area contributed by atoms with Crippen LogP contribution >= 0.6 is 0 Å². The first-order valence-electron chi connectivity index (χ1n) is 14.0. The highest BCUT2D eigenvalue weighted by molar-refractivity contribution is 7.89. The molecule has 8 nitrogen and oxygen atoms in total. The summed E-state index contributed by atoms with van der Waals surface area (Å²) >= 11 is 0. The van der Waals surface area contributed by atoms with E-state index in [1.807, 2.05) is 72.8 Å². The third-order valence-corrected chi connectivity index (χ3v) is 8.44. The first-order chi connectivity index (χ1) is 20.4. The van der Waals surface area contributed by atoms with E-state index in [0.29, 0.717) is 25.9 Å². The Labute approximate surface area is 247 Å². The van der Waals surface area contributed by atoms with Gasteiger partial charge < -0.3 is 10.2 Å². The second-order valence-corrected chi connectivity index (χ2v) is 11.7. The summed E-state index contributed by atoms with van der Waals surface area (Å²) in [5.74, 6) is -0.402. The van der Waals surface area contributed by atoms with E-state index in [1.165, 1.54) is 0 Å². The van der Waals surface area contributed by atoms with Gasteiger partial charge in [-0.2, -0.15) is 0 Å². The van der Waals surface area contributed by atoms with Crippen LogP contribution in [-0.4, -0.2) is 42.7 Å². The summed E-state index contributed by atoms with van der Waals surface area (Å²) in [7, 11) is -3.56. The number of nitrogens with one attached hydrogen (secondary N) is 2. The molecule has 4 aromatic rings. The Bertz CT molecular complexity index is 1530. The van der Waals surface area contributed by atoms with Gasteiger partial charge in [0.1, 0.15) is 6.04 Å². The van der Waals surface area contributed by atoms with Crippen LogP contribution in [0.5, 0.6) is 0 Å². The van der Waals surface area contributed by atoms with Crippen LogP contribution in [0.15, 0.2) is 114 Å². The van der Waals surface area contributed by atoms with Crippen molar-refractivity contribution in [3.8, 4) is 0 Å². The van der Waals surface area contributed by atoms with Gasteiger partial charge in [-0.15, -0.1) is 0 Å². The van der Waals surface area contributed by atoms with Crippen molar-refractivity contribution in [2.75, 3.05) is 6.54 Å². The van der Waals surface area contributed by atoms with E-state index in [2.05, 4.69) is 15.0 Å². The van der Waals surface area contributed by atoms with Gasteiger partial charge in [-0.25, -0.2) is 13.1 Å². The number of pyridine rings is 1. The van der Waals surface area contributed by atoms with Crippen molar-refractivity contribution in [3.05, 3.63) is 132 Å². The summed E-state index contributed by atoms with van der Waals surface area (Å²) in [5, 5.41) is 3.02. The molecule has 0 fully saturated rings. The smallest absolute Gasteiger partial charge is 0.243 e. The van der Waals surface area contributed by atoms with Crippen LogP contribution in [0.25, 0.3) is 0 Å². The minimum absolute atomic E-state index is 0.162. The number of sulfonamides is 1. The number of rotatable bonds is 14. The maximum Gasteiger partial charge on any atom is 0.243 e. The highest BCUT2D eigenvalue weighted by Crippen LogP contribution is 2.18. The number of carbonyl (C=O) groups is 2. The molecule has 4 rings (SSSR count). The van der Waals surface area contributed by atoms with Gasteiger partial charge in [0.05, 0.1) is 4.90 Å². The molecule has 0 aliphatic rings. The summed E-state index contributed by atoms with van der Waals surface area (Å²) in [6.07, 6.45) is 4.28. The minimum Gasteiger partial charge on any atom is -0.350 e. The molecule has 0 saturated carbocycles. The Kier molecular flexibility index (Phi) is 11.0. The second-order valence-electron chi connectivity index (χ2n) is 9.93. The molecule has 0 spiro atoms. The van der Waals surface area contributed by atoms with Crippen molar-refractivity contribution in [2.24, 2.45) is 0 Å². The summed E-state index contributed by atoms with van der Waals surface area (Å²) < 4.78 is 27.1. The van der Waals surface area contributed by atoms with Gasteiger partial charge in [0, 0.05) is 44.9 Å². The lowest BCUT2D eigenvalue weighted by atomic mass is 10.0. The Balaban J connectivity index is 1.56. The molecule has 218 valence electrons. The molecule has 0 unspecified atom stereocenters. The number of aryl methyl sites for hydroxylation is 1. The molecule has 0 aliphatic heterocycles. The first-order valence-corrected chi connectivity index (χ1v) is 15.5. The third-order valence-electron chi connectivity index (χ3n) is 6.88. The van der Waals surface area contributed by atoms with Crippen molar-refractivity contribution in [1.82, 2.24) is 19.9 Å². The van der Waals surface area contributed by atoms with E-state index < -0.39 is 16.1 Å². The topological polar surface area (TPSA) is 108 Å². The lowest BCUT2D eigenvalue weighted by molar-refractivity contribution is -0.141. The van der Waals surface area contributed by atoms with Crippen LogP contribution < -0.4 is 10.0 Å². The summed E-state index contributed by atoms with van der Waals surface area (Å²) in [6.45, 7) is 2.63. The van der Waals surface area contributed by atoms with Gasteiger partial charge in [0.2, 0.25) is 21.8 Å². The Morgan fingerprint density at radius 2 is 1.40 bits per heavy atom. The maximum absolute atomic E-state index is 13.9. The molecule has 1 aromatic heterocycles. The predicted octanol–water partition coefficient (Wildman–Crippen LogP) is 4.27. The SMILES string of the molecule is CCNS(=O)(=O)c1ccc(CCC(=O)N(Cc2ccccc2)[C@@H](Cc2ccccc2)C(=O)NCc2ccncc2)cc1. The van der Waals surface area contributed by atoms with E-state index >= 15 is 0 Å². The fourth-order valence-corrected chi connectivity index (χ4v) is 5.69. The number of aromatic nitrogens is 1. The quantitative estimate of drug-likeness (QED) is 0.230. The second kappa shape index (κ2) is 15.0. The van der Waals surface area contributed by atoms with Crippen molar-refractivity contribution in [2.45, 2.75) is 50.2 Å². The zero-order valence-corrected chi connectivity index (χ0v) is 24.5. The molecule has 0 bridgehead atoms. The number of amides is 2. The van der Waals surface area contributed by atoms with Gasteiger partial charge >= 0.3 is 0 Å². The molecule has 0 radical (unpaired) electrons. The molecule has 2 amide bonds. The molecule has 9 heteroatoms. The standard InChI is InChI=1S/C33H36N4O4S/c1-2-36-42(40,41)30-16-13-26(14-17-30)15-18-32(38)37(25-29-11-7-4-8-12-29)31(23-27-9-5-3-6-10-27)33(39)35-24-28-19-21-34-22-20-28/h3-14,16-17,19-22,31,36H,2,15,18,23-25H2,1H3,(H,35,39)/t31-/m0/s1. The van der Waals surface area contributed by atoms with Crippen LogP contribution in [0, 0.1) is 0 Å². The number of carbonyl (C=O) groups excluding carboxylic acids is 2. The van der Waals surface area contributed by atoms with Crippen LogP contribution in [0.3, 0.4) is 0 Å². The molecule has 1 heterocycles. The molecule has 42 heavy (non-hydrogen) atoms. The molecular weight excluding hydrogens is 548 g/mol. The molecule has 0 aliphatic carbocycles. The van der Waals surface area contributed by atoms with E-state index in [9.17, 15) is 18.0 Å². The first kappa shape index (κ1) is 30.6. The van der Waals surface area contributed by atoms with E-state index in [0.717, 1.165) is 22.3 Å². The number of hydrogen-bond donors (Lipinski definition) is 2. The highest BCUT2D eigenvalue weighted by Gasteiger charge is 2.30. The zero-order chi connectivity index (χ0) is 29.8. The molecule has 1 atom stereocenters. The van der Waals surface area contributed by atoms with Crippen LogP contribution in [-0.2, 0) is 45.5 Å². The van der Waals surface area contributed by atoms with Gasteiger partial charge in [-0.3, -0.25) is 14.6 Å². The maximum atomic E-state index is 13.9. The van der Waals surface area contributed by atoms with Crippen LogP contribution in [0.4, 0.5) is 0 Å². The lowest BCUT2D eigenvalue weighted by Crippen LogP contribution is -2.50. The van der Waals surface area contributed by atoms with Crippen molar-refractivity contribution in [3.63, 3.8) is 0 Å². The van der Waals surface area contributed by atoms with Gasteiger partial charge in [-0.1, -0.05) is 79.7 Å². The van der Waals surface area contributed by atoms with Gasteiger partial charge in [-0.05, 0) is 52.9 Å². The predicted molar refractivity (Wildman–Crippen MR) is 163 cm³/mol. The number of nitrogens with zero attached hydrogens (tertiary/aromatic N) is 2.